The van der Waals surface area contributed by atoms with E-state index in [0.717, 1.165) is 0 Å². The van der Waals surface area contributed by atoms with Crippen LogP contribution in [0.1, 0.15) is 21.7 Å². The summed E-state index contributed by atoms with van der Waals surface area (Å²) in [4.78, 5) is 26.7. The van der Waals surface area contributed by atoms with Gasteiger partial charge < -0.3 is 5.32 Å². The second-order valence-corrected chi connectivity index (χ2v) is 7.85. The zero-order chi connectivity index (χ0) is 18.8. The Bertz CT molecular complexity index is 1160. The van der Waals surface area contributed by atoms with Gasteiger partial charge in [0.05, 0.1) is 33.7 Å². The molecule has 0 saturated heterocycles. The van der Waals surface area contributed by atoms with Crippen LogP contribution in [-0.4, -0.2) is 21.0 Å². The lowest BCUT2D eigenvalue weighted by Crippen LogP contribution is -2.17. The van der Waals surface area contributed by atoms with Crippen LogP contribution in [0.3, 0.4) is 0 Å². The number of nitriles is 1. The number of hydrogen-bond acceptors (Lipinski definition) is 7. The Morgan fingerprint density at radius 1 is 1.30 bits per heavy atom. The van der Waals surface area contributed by atoms with Crippen LogP contribution in [0, 0.1) is 18.3 Å². The first-order valence-corrected chi connectivity index (χ1v) is 9.78. The summed E-state index contributed by atoms with van der Waals surface area (Å²) in [5.74, 6) is -0.281. The average molecular weight is 391 g/mol. The fourth-order valence-corrected chi connectivity index (χ4v) is 4.16. The van der Waals surface area contributed by atoms with Gasteiger partial charge in [-0.3, -0.25) is 9.78 Å². The standard InChI is InChI=1S/C19H13N5OS2/c1-11-4-5-26-17(11)10-22-19-24-18(25)16(27-19)7-13-2-3-14-15(23-13)6-12(8-20)9-21-14/h2-7,9H,10H2,1H3,(H,22,24,25)/b16-7+. The Hall–Kier alpha value is -3.02. The molecule has 1 aliphatic rings. The van der Waals surface area contributed by atoms with E-state index in [9.17, 15) is 4.79 Å². The quantitative estimate of drug-likeness (QED) is 0.686. The molecular formula is C19H13N5OS2. The molecule has 4 heterocycles. The van der Waals surface area contributed by atoms with Crippen molar-refractivity contribution in [2.45, 2.75) is 13.5 Å². The van der Waals surface area contributed by atoms with E-state index in [1.165, 1.54) is 28.4 Å². The highest BCUT2D eigenvalue weighted by molar-refractivity contribution is 8.18. The predicted octanol–water partition coefficient (Wildman–Crippen LogP) is 3.63. The number of amidine groups is 1. The van der Waals surface area contributed by atoms with Crippen molar-refractivity contribution in [2.75, 3.05) is 0 Å². The topological polar surface area (TPSA) is 91.0 Å². The molecule has 1 N–H and O–H groups in total. The summed E-state index contributed by atoms with van der Waals surface area (Å²) in [6.45, 7) is 2.71. The average Bonchev–Trinajstić information content (AvgIpc) is 3.24. The van der Waals surface area contributed by atoms with Crippen molar-refractivity contribution in [3.8, 4) is 6.07 Å². The van der Waals surface area contributed by atoms with Gasteiger partial charge in [0.2, 0.25) is 0 Å². The molecule has 0 aliphatic carbocycles. The molecule has 0 saturated carbocycles. The molecule has 0 fully saturated rings. The van der Waals surface area contributed by atoms with Gasteiger partial charge in [-0.15, -0.1) is 11.3 Å². The van der Waals surface area contributed by atoms with Gasteiger partial charge in [0.15, 0.2) is 5.17 Å². The van der Waals surface area contributed by atoms with E-state index in [1.807, 2.05) is 11.4 Å². The van der Waals surface area contributed by atoms with E-state index in [1.54, 1.807) is 29.5 Å². The van der Waals surface area contributed by atoms with Gasteiger partial charge in [0.25, 0.3) is 5.91 Å². The minimum absolute atomic E-state index is 0.281. The van der Waals surface area contributed by atoms with Crippen molar-refractivity contribution < 1.29 is 4.79 Å². The largest absolute Gasteiger partial charge is 0.359 e. The van der Waals surface area contributed by atoms with Crippen LogP contribution in [0.15, 0.2) is 45.7 Å². The van der Waals surface area contributed by atoms with Crippen LogP contribution in [0.4, 0.5) is 0 Å². The number of aliphatic imine (C=N–C) groups is 1. The lowest BCUT2D eigenvalue weighted by molar-refractivity contribution is -0.113. The van der Waals surface area contributed by atoms with Gasteiger partial charge in [-0.1, -0.05) is 0 Å². The molecule has 6 nitrogen and oxygen atoms in total. The highest BCUT2D eigenvalue weighted by Crippen LogP contribution is 2.28. The summed E-state index contributed by atoms with van der Waals surface area (Å²) < 4.78 is 0. The fourth-order valence-electron chi connectivity index (χ4n) is 2.52. The maximum Gasteiger partial charge on any atom is 0.286 e. The molecule has 1 aliphatic heterocycles. The Morgan fingerprint density at radius 3 is 2.96 bits per heavy atom. The van der Waals surface area contributed by atoms with Crippen molar-refractivity contribution in [3.05, 3.63) is 62.4 Å². The van der Waals surface area contributed by atoms with Gasteiger partial charge in [0.1, 0.15) is 6.07 Å². The van der Waals surface area contributed by atoms with Crippen molar-refractivity contribution in [2.24, 2.45) is 4.99 Å². The maximum atomic E-state index is 12.2. The van der Waals surface area contributed by atoms with E-state index in [2.05, 4.69) is 39.3 Å². The van der Waals surface area contributed by atoms with Gasteiger partial charge in [-0.25, -0.2) is 4.98 Å². The van der Waals surface area contributed by atoms with E-state index in [0.29, 0.717) is 38.9 Å². The van der Waals surface area contributed by atoms with Crippen LogP contribution in [-0.2, 0) is 11.3 Å². The summed E-state index contributed by atoms with van der Waals surface area (Å²) in [7, 11) is 0. The van der Waals surface area contributed by atoms with Gasteiger partial charge in [-0.05, 0) is 60.0 Å². The third-order valence-electron chi connectivity index (χ3n) is 3.96. The summed E-state index contributed by atoms with van der Waals surface area (Å²) in [6, 6.07) is 9.42. The van der Waals surface area contributed by atoms with E-state index in [-0.39, 0.29) is 5.91 Å². The molecule has 4 rings (SSSR count). The molecule has 0 atom stereocenters. The number of pyridine rings is 2. The number of fused-ring (bicyclic) bond motifs is 1. The molecule has 8 heteroatoms. The molecule has 132 valence electrons. The summed E-state index contributed by atoms with van der Waals surface area (Å²) in [5.41, 5.74) is 3.62. The second-order valence-electron chi connectivity index (χ2n) is 5.82. The first kappa shape index (κ1) is 17.4. The first-order valence-electron chi connectivity index (χ1n) is 8.09. The van der Waals surface area contributed by atoms with E-state index in [4.69, 9.17) is 5.26 Å². The number of aromatic nitrogens is 2. The second kappa shape index (κ2) is 7.31. The number of carbonyl (C=O) groups is 1. The summed E-state index contributed by atoms with van der Waals surface area (Å²) in [6.07, 6.45) is 3.22. The lowest BCUT2D eigenvalue weighted by atomic mass is 10.2. The molecule has 0 aromatic carbocycles. The third-order valence-corrected chi connectivity index (χ3v) is 5.92. The Morgan fingerprint density at radius 2 is 2.19 bits per heavy atom. The van der Waals surface area contributed by atoms with Crippen LogP contribution in [0.2, 0.25) is 0 Å². The van der Waals surface area contributed by atoms with Gasteiger partial charge in [0, 0.05) is 11.1 Å². The number of amides is 1. The molecule has 3 aromatic heterocycles. The maximum absolute atomic E-state index is 12.2. The number of thiophene rings is 1. The molecule has 1 amide bonds. The summed E-state index contributed by atoms with van der Waals surface area (Å²) >= 11 is 2.98. The molecule has 0 bridgehead atoms. The number of rotatable bonds is 3. The highest BCUT2D eigenvalue weighted by Gasteiger charge is 2.22. The minimum Gasteiger partial charge on any atom is -0.359 e. The predicted molar refractivity (Wildman–Crippen MR) is 108 cm³/mol. The number of carbonyl (C=O) groups excluding carboxylic acids is 1. The first-order chi connectivity index (χ1) is 13.1. The number of nitrogens with zero attached hydrogens (tertiary/aromatic N) is 4. The molecular weight excluding hydrogens is 378 g/mol. The van der Waals surface area contributed by atoms with Gasteiger partial charge >= 0.3 is 0 Å². The number of aryl methyl sites for hydroxylation is 1. The van der Waals surface area contributed by atoms with E-state index >= 15 is 0 Å². The third kappa shape index (κ3) is 3.74. The molecule has 27 heavy (non-hydrogen) atoms. The van der Waals surface area contributed by atoms with Gasteiger partial charge in [-0.2, -0.15) is 10.3 Å². The van der Waals surface area contributed by atoms with Crippen LogP contribution in [0.25, 0.3) is 17.1 Å². The fraction of sp³-hybridized carbons (Fsp3) is 0.105. The SMILES string of the molecule is Cc1ccsc1CNC1=NC(=O)/C(=C\c2ccc3ncc(C#N)cc3n2)S1. The smallest absolute Gasteiger partial charge is 0.286 e. The molecule has 0 spiro atoms. The van der Waals surface area contributed by atoms with Crippen LogP contribution >= 0.6 is 23.1 Å². The molecule has 0 radical (unpaired) electrons. The molecule has 3 aromatic rings. The Kier molecular flexibility index (Phi) is 4.71. The minimum atomic E-state index is -0.281. The normalized spacial score (nSPS) is 15.2. The highest BCUT2D eigenvalue weighted by atomic mass is 32.2. The number of thioether (sulfide) groups is 1. The number of nitrogens with one attached hydrogen (secondary N) is 1. The lowest BCUT2D eigenvalue weighted by Gasteiger charge is -2.03. The van der Waals surface area contributed by atoms with Crippen LogP contribution in [0.5, 0.6) is 0 Å². The Labute approximate surface area is 163 Å². The van der Waals surface area contributed by atoms with Crippen molar-refractivity contribution >= 4 is 51.3 Å². The zero-order valence-electron chi connectivity index (χ0n) is 14.3. The molecule has 0 unspecified atom stereocenters. The zero-order valence-corrected chi connectivity index (χ0v) is 15.9. The number of hydrogen-bond donors (Lipinski definition) is 1. The van der Waals surface area contributed by atoms with Crippen molar-refractivity contribution in [1.29, 1.82) is 5.26 Å². The van der Waals surface area contributed by atoms with Crippen LogP contribution < -0.4 is 5.32 Å². The monoisotopic (exact) mass is 391 g/mol. The van der Waals surface area contributed by atoms with Crippen molar-refractivity contribution in [3.63, 3.8) is 0 Å². The Balaban J connectivity index is 1.51. The van der Waals surface area contributed by atoms with Crippen molar-refractivity contribution in [1.82, 2.24) is 15.3 Å². The summed E-state index contributed by atoms with van der Waals surface area (Å²) in [5, 5.41) is 14.8. The van der Waals surface area contributed by atoms with E-state index < -0.39 is 0 Å².